The van der Waals surface area contributed by atoms with Gasteiger partial charge in [-0.1, -0.05) is 0 Å². The summed E-state index contributed by atoms with van der Waals surface area (Å²) in [4.78, 5) is 7.71. The Balaban J connectivity index is 0.000000640. The Bertz CT molecular complexity index is 150. The molecule has 0 aromatic carbocycles. The molecule has 0 spiro atoms. The first-order valence-corrected chi connectivity index (χ1v) is 2.39. The second-order valence-corrected chi connectivity index (χ2v) is 1.68. The minimum atomic E-state index is 0. The molecular weight excluding hydrogens is 139 g/mol. The van der Waals surface area contributed by atoms with Crippen LogP contribution in [0.25, 0.3) is 0 Å². The molecule has 1 heterocycles. The van der Waals surface area contributed by atoms with E-state index in [1.807, 2.05) is 6.92 Å². The molecule has 0 saturated heterocycles. The van der Waals surface area contributed by atoms with Gasteiger partial charge < -0.3 is 6.92 Å². The summed E-state index contributed by atoms with van der Waals surface area (Å²) in [5.41, 5.74) is 1.07. The molecule has 0 saturated carbocycles. The minimum Gasteiger partial charge on any atom is -0.338 e. The van der Waals surface area contributed by atoms with Crippen molar-refractivity contribution in [3.63, 3.8) is 0 Å². The summed E-state index contributed by atoms with van der Waals surface area (Å²) in [5, 5.41) is 0. The van der Waals surface area contributed by atoms with Crippen molar-refractivity contribution in [3.8, 4) is 0 Å². The van der Waals surface area contributed by atoms with Gasteiger partial charge >= 0.3 is 51.4 Å². The standard InChI is InChI=1S/C6H7N2.K/c1-5-3-7-6(2)8-4-5;/h3-4H,2H2,1H3;/q-1;+1. The van der Waals surface area contributed by atoms with Crippen molar-refractivity contribution >= 4 is 0 Å². The summed E-state index contributed by atoms with van der Waals surface area (Å²) in [5.74, 6) is 0.579. The summed E-state index contributed by atoms with van der Waals surface area (Å²) in [6.45, 7) is 5.48. The monoisotopic (exact) mass is 146 g/mol. The number of nitrogens with zero attached hydrogens (tertiary/aromatic N) is 2. The molecule has 2 nitrogen and oxygen atoms in total. The number of aryl methyl sites for hydroxylation is 1. The molecule has 0 bridgehead atoms. The van der Waals surface area contributed by atoms with Gasteiger partial charge in [-0.2, -0.15) is 0 Å². The van der Waals surface area contributed by atoms with Crippen LogP contribution in [-0.4, -0.2) is 9.97 Å². The minimum absolute atomic E-state index is 0. The Morgan fingerprint density at radius 2 is 1.78 bits per heavy atom. The molecule has 9 heavy (non-hydrogen) atoms. The molecule has 0 amide bonds. The maximum Gasteiger partial charge on any atom is 1.00 e. The SMILES string of the molecule is [CH2-]c1ncc(C)cn1.[K+]. The van der Waals surface area contributed by atoms with Crippen LogP contribution in [0.4, 0.5) is 0 Å². The molecule has 3 heteroatoms. The van der Waals surface area contributed by atoms with Crippen molar-refractivity contribution in [1.82, 2.24) is 9.97 Å². The van der Waals surface area contributed by atoms with Gasteiger partial charge in [0.15, 0.2) is 0 Å². The Hall–Kier alpha value is 0.586. The fourth-order valence-electron chi connectivity index (χ4n) is 0.419. The summed E-state index contributed by atoms with van der Waals surface area (Å²) in [6, 6.07) is 0. The second-order valence-electron chi connectivity index (χ2n) is 1.68. The number of hydrogen-bond donors (Lipinski definition) is 0. The first-order valence-electron chi connectivity index (χ1n) is 2.39. The van der Waals surface area contributed by atoms with E-state index in [-0.39, 0.29) is 51.4 Å². The number of rotatable bonds is 0. The van der Waals surface area contributed by atoms with E-state index in [1.54, 1.807) is 12.4 Å². The van der Waals surface area contributed by atoms with E-state index in [2.05, 4.69) is 16.9 Å². The summed E-state index contributed by atoms with van der Waals surface area (Å²) >= 11 is 0. The van der Waals surface area contributed by atoms with Crippen LogP contribution in [-0.2, 0) is 0 Å². The molecule has 0 atom stereocenters. The van der Waals surface area contributed by atoms with Crippen molar-refractivity contribution in [1.29, 1.82) is 0 Å². The first-order chi connectivity index (χ1) is 3.79. The maximum absolute atomic E-state index is 3.86. The van der Waals surface area contributed by atoms with E-state index < -0.39 is 0 Å². The molecule has 0 radical (unpaired) electrons. The molecule has 0 unspecified atom stereocenters. The fraction of sp³-hybridized carbons (Fsp3) is 0.167. The molecule has 0 aliphatic carbocycles. The zero-order valence-corrected chi connectivity index (χ0v) is 8.88. The van der Waals surface area contributed by atoms with E-state index in [0.717, 1.165) is 5.56 Å². The molecule has 1 aromatic heterocycles. The molecule has 1 rings (SSSR count). The smallest absolute Gasteiger partial charge is 0.338 e. The van der Waals surface area contributed by atoms with Crippen LogP contribution in [0, 0.1) is 13.8 Å². The third-order valence-electron chi connectivity index (χ3n) is 0.834. The molecule has 1 aromatic rings. The van der Waals surface area contributed by atoms with E-state index in [4.69, 9.17) is 0 Å². The third kappa shape index (κ3) is 3.32. The van der Waals surface area contributed by atoms with Gasteiger partial charge in [-0.15, -0.1) is 0 Å². The van der Waals surface area contributed by atoms with E-state index in [9.17, 15) is 0 Å². The predicted molar refractivity (Wildman–Crippen MR) is 31.2 cm³/mol. The van der Waals surface area contributed by atoms with Gasteiger partial charge in [0.05, 0.1) is 0 Å². The third-order valence-corrected chi connectivity index (χ3v) is 0.834. The van der Waals surface area contributed by atoms with E-state index in [1.165, 1.54) is 0 Å². The van der Waals surface area contributed by atoms with Gasteiger partial charge in [0.25, 0.3) is 0 Å². The van der Waals surface area contributed by atoms with Gasteiger partial charge in [0, 0.05) is 12.4 Å². The van der Waals surface area contributed by atoms with Crippen molar-refractivity contribution in [2.24, 2.45) is 0 Å². The van der Waals surface area contributed by atoms with Crippen LogP contribution < -0.4 is 51.4 Å². The van der Waals surface area contributed by atoms with Gasteiger partial charge in [-0.25, -0.2) is 0 Å². The zero-order chi connectivity index (χ0) is 5.98. The normalized spacial score (nSPS) is 8.11. The summed E-state index contributed by atoms with van der Waals surface area (Å²) < 4.78 is 0. The largest absolute Gasteiger partial charge is 1.00 e. The molecule has 42 valence electrons. The quantitative estimate of drug-likeness (QED) is 0.312. The van der Waals surface area contributed by atoms with Crippen LogP contribution in [0.3, 0.4) is 0 Å². The van der Waals surface area contributed by atoms with Gasteiger partial charge in [-0.3, -0.25) is 9.97 Å². The van der Waals surface area contributed by atoms with Crippen LogP contribution >= 0.6 is 0 Å². The first kappa shape index (κ1) is 9.59. The van der Waals surface area contributed by atoms with Crippen molar-refractivity contribution in [3.05, 3.63) is 30.7 Å². The van der Waals surface area contributed by atoms with Gasteiger partial charge in [0.2, 0.25) is 0 Å². The molecule has 0 N–H and O–H groups in total. The summed E-state index contributed by atoms with van der Waals surface area (Å²) in [7, 11) is 0. The van der Waals surface area contributed by atoms with Crippen LogP contribution in [0.15, 0.2) is 12.4 Å². The molecule has 0 aliphatic heterocycles. The van der Waals surface area contributed by atoms with Gasteiger partial charge in [-0.05, 0) is 18.3 Å². The van der Waals surface area contributed by atoms with Gasteiger partial charge in [0.1, 0.15) is 0 Å². The maximum atomic E-state index is 3.86. The second kappa shape index (κ2) is 4.41. The van der Waals surface area contributed by atoms with Crippen molar-refractivity contribution in [2.75, 3.05) is 0 Å². The van der Waals surface area contributed by atoms with Crippen LogP contribution in [0.1, 0.15) is 11.4 Å². The topological polar surface area (TPSA) is 25.8 Å². The van der Waals surface area contributed by atoms with Crippen LogP contribution in [0.2, 0.25) is 0 Å². The van der Waals surface area contributed by atoms with E-state index in [0.29, 0.717) is 5.82 Å². The van der Waals surface area contributed by atoms with Crippen LogP contribution in [0.5, 0.6) is 0 Å². The molecule has 0 aliphatic rings. The molecular formula is C6H7KN2. The zero-order valence-electron chi connectivity index (χ0n) is 5.76. The fourth-order valence-corrected chi connectivity index (χ4v) is 0.419. The Kier molecular flexibility index (Phi) is 4.70. The van der Waals surface area contributed by atoms with Crippen molar-refractivity contribution < 1.29 is 51.4 Å². The Morgan fingerprint density at radius 1 is 1.33 bits per heavy atom. The number of hydrogen-bond acceptors (Lipinski definition) is 2. The average Bonchev–Trinajstić information content (AvgIpc) is 1.77. The van der Waals surface area contributed by atoms with Crippen molar-refractivity contribution in [2.45, 2.75) is 6.92 Å². The Labute approximate surface area is 97.5 Å². The number of aromatic nitrogens is 2. The predicted octanol–water partition coefficient (Wildman–Crippen LogP) is -2.03. The Morgan fingerprint density at radius 3 is 2.11 bits per heavy atom. The average molecular weight is 146 g/mol. The van der Waals surface area contributed by atoms with E-state index >= 15 is 0 Å². The summed E-state index contributed by atoms with van der Waals surface area (Å²) in [6.07, 6.45) is 3.49. The molecule has 0 fully saturated rings.